The van der Waals surface area contributed by atoms with Gasteiger partial charge in [0.1, 0.15) is 0 Å². The normalized spacial score (nSPS) is 31.8. The van der Waals surface area contributed by atoms with Gasteiger partial charge in [0.15, 0.2) is 0 Å². The van der Waals surface area contributed by atoms with Crippen LogP contribution in [-0.2, 0) is 4.79 Å². The predicted molar refractivity (Wildman–Crippen MR) is 55.0 cm³/mol. The second-order valence-electron chi connectivity index (χ2n) is 4.42. The third kappa shape index (κ3) is 2.25. The highest BCUT2D eigenvalue weighted by Gasteiger charge is 2.35. The standard InChI is InChI=1S/C10H19N3O/c1-8(14)12-2-3-13-6-9-4-11-5-10(9)7-13/h9-11H,2-7H2,1H3,(H,12,14)/t9-,10+. The predicted octanol–water partition coefficient (Wildman–Crippen LogP) is -0.726. The van der Waals surface area contributed by atoms with E-state index in [0.717, 1.165) is 24.9 Å². The van der Waals surface area contributed by atoms with Crippen molar-refractivity contribution in [1.82, 2.24) is 15.5 Å². The van der Waals surface area contributed by atoms with Crippen LogP contribution in [0.5, 0.6) is 0 Å². The number of rotatable bonds is 3. The van der Waals surface area contributed by atoms with Gasteiger partial charge in [-0.25, -0.2) is 0 Å². The molecule has 0 aromatic carbocycles. The number of hydrogen-bond donors (Lipinski definition) is 2. The number of carbonyl (C=O) groups excluding carboxylic acids is 1. The Balaban J connectivity index is 1.66. The van der Waals surface area contributed by atoms with Crippen molar-refractivity contribution >= 4 is 5.91 Å². The van der Waals surface area contributed by atoms with E-state index in [1.807, 2.05) is 0 Å². The van der Waals surface area contributed by atoms with Crippen molar-refractivity contribution in [2.75, 3.05) is 39.3 Å². The average Bonchev–Trinajstić information content (AvgIpc) is 2.62. The maximum Gasteiger partial charge on any atom is 0.216 e. The molecule has 2 saturated heterocycles. The van der Waals surface area contributed by atoms with E-state index in [4.69, 9.17) is 0 Å². The maximum atomic E-state index is 10.7. The molecule has 0 aromatic heterocycles. The van der Waals surface area contributed by atoms with Gasteiger partial charge in [0.25, 0.3) is 0 Å². The van der Waals surface area contributed by atoms with Crippen LogP contribution in [0.3, 0.4) is 0 Å². The molecular formula is C10H19N3O. The first kappa shape index (κ1) is 9.93. The van der Waals surface area contributed by atoms with E-state index in [9.17, 15) is 4.79 Å². The van der Waals surface area contributed by atoms with Crippen LogP contribution in [-0.4, -0.2) is 50.1 Å². The highest BCUT2D eigenvalue weighted by Crippen LogP contribution is 2.25. The van der Waals surface area contributed by atoms with Crippen molar-refractivity contribution < 1.29 is 4.79 Å². The van der Waals surface area contributed by atoms with Crippen molar-refractivity contribution in [1.29, 1.82) is 0 Å². The van der Waals surface area contributed by atoms with Crippen molar-refractivity contribution in [2.45, 2.75) is 6.92 Å². The minimum Gasteiger partial charge on any atom is -0.355 e. The van der Waals surface area contributed by atoms with Gasteiger partial charge in [-0.2, -0.15) is 0 Å². The van der Waals surface area contributed by atoms with Crippen LogP contribution >= 0.6 is 0 Å². The lowest BCUT2D eigenvalue weighted by molar-refractivity contribution is -0.119. The van der Waals surface area contributed by atoms with Crippen molar-refractivity contribution in [3.63, 3.8) is 0 Å². The molecule has 0 aliphatic carbocycles. The summed E-state index contributed by atoms with van der Waals surface area (Å²) in [5, 5.41) is 6.26. The molecule has 0 bridgehead atoms. The van der Waals surface area contributed by atoms with Gasteiger partial charge < -0.3 is 15.5 Å². The fourth-order valence-corrected chi connectivity index (χ4v) is 2.53. The molecule has 0 radical (unpaired) electrons. The largest absolute Gasteiger partial charge is 0.355 e. The van der Waals surface area contributed by atoms with Crippen molar-refractivity contribution in [3.8, 4) is 0 Å². The van der Waals surface area contributed by atoms with Gasteiger partial charge in [0, 0.05) is 33.1 Å². The molecule has 2 N–H and O–H groups in total. The Hall–Kier alpha value is -0.610. The lowest BCUT2D eigenvalue weighted by Gasteiger charge is -2.16. The zero-order valence-electron chi connectivity index (χ0n) is 8.75. The van der Waals surface area contributed by atoms with Gasteiger partial charge in [0.05, 0.1) is 0 Å². The Morgan fingerprint density at radius 3 is 2.64 bits per heavy atom. The van der Waals surface area contributed by atoms with Crippen LogP contribution in [0.25, 0.3) is 0 Å². The number of nitrogens with zero attached hydrogens (tertiary/aromatic N) is 1. The smallest absolute Gasteiger partial charge is 0.216 e. The first-order valence-corrected chi connectivity index (χ1v) is 5.43. The number of amides is 1. The summed E-state index contributed by atoms with van der Waals surface area (Å²) in [6, 6.07) is 0. The molecule has 0 unspecified atom stereocenters. The summed E-state index contributed by atoms with van der Waals surface area (Å²) in [4.78, 5) is 13.1. The fourth-order valence-electron chi connectivity index (χ4n) is 2.53. The van der Waals surface area contributed by atoms with Crippen LogP contribution in [0, 0.1) is 11.8 Å². The lowest BCUT2D eigenvalue weighted by Crippen LogP contribution is -2.34. The minimum atomic E-state index is 0.0751. The summed E-state index contributed by atoms with van der Waals surface area (Å²) in [6.07, 6.45) is 0. The Labute approximate surface area is 85.0 Å². The monoisotopic (exact) mass is 197 g/mol. The molecule has 4 heteroatoms. The minimum absolute atomic E-state index is 0.0751. The highest BCUT2D eigenvalue weighted by molar-refractivity contribution is 5.72. The summed E-state index contributed by atoms with van der Waals surface area (Å²) in [6.45, 7) is 8.15. The van der Waals surface area contributed by atoms with E-state index in [1.54, 1.807) is 6.92 Å². The molecule has 2 atom stereocenters. The molecule has 2 heterocycles. The highest BCUT2D eigenvalue weighted by atomic mass is 16.1. The average molecular weight is 197 g/mol. The van der Waals surface area contributed by atoms with E-state index in [0.29, 0.717) is 0 Å². The van der Waals surface area contributed by atoms with Crippen molar-refractivity contribution in [3.05, 3.63) is 0 Å². The molecular weight excluding hydrogens is 178 g/mol. The Morgan fingerprint density at radius 2 is 2.07 bits per heavy atom. The second-order valence-corrected chi connectivity index (χ2v) is 4.42. The molecule has 0 saturated carbocycles. The van der Waals surface area contributed by atoms with E-state index in [-0.39, 0.29) is 5.91 Å². The zero-order chi connectivity index (χ0) is 9.97. The van der Waals surface area contributed by atoms with E-state index in [1.165, 1.54) is 26.2 Å². The first-order chi connectivity index (χ1) is 6.75. The number of fused-ring (bicyclic) bond motifs is 1. The first-order valence-electron chi connectivity index (χ1n) is 5.43. The van der Waals surface area contributed by atoms with Gasteiger partial charge in [-0.1, -0.05) is 0 Å². The number of hydrogen-bond acceptors (Lipinski definition) is 3. The molecule has 2 aliphatic rings. The Kier molecular flexibility index (Phi) is 3.03. The second kappa shape index (κ2) is 4.28. The van der Waals surface area contributed by atoms with Crippen molar-refractivity contribution in [2.24, 2.45) is 11.8 Å². The molecule has 0 aromatic rings. The van der Waals surface area contributed by atoms with Crippen LogP contribution in [0.2, 0.25) is 0 Å². The van der Waals surface area contributed by atoms with Gasteiger partial charge >= 0.3 is 0 Å². The van der Waals surface area contributed by atoms with Crippen LogP contribution < -0.4 is 10.6 Å². The quantitative estimate of drug-likeness (QED) is 0.627. The summed E-state index contributed by atoms with van der Waals surface area (Å²) in [5.74, 6) is 1.78. The van der Waals surface area contributed by atoms with Crippen LogP contribution in [0.4, 0.5) is 0 Å². The number of carbonyl (C=O) groups is 1. The molecule has 2 aliphatic heterocycles. The maximum absolute atomic E-state index is 10.7. The van der Waals surface area contributed by atoms with Gasteiger partial charge in [-0.3, -0.25) is 4.79 Å². The molecule has 1 amide bonds. The Bertz CT molecular complexity index is 207. The summed E-state index contributed by atoms with van der Waals surface area (Å²) >= 11 is 0. The third-order valence-electron chi connectivity index (χ3n) is 3.27. The fraction of sp³-hybridized carbons (Fsp3) is 0.900. The summed E-state index contributed by atoms with van der Waals surface area (Å²) in [5.41, 5.74) is 0. The molecule has 0 spiro atoms. The Morgan fingerprint density at radius 1 is 1.43 bits per heavy atom. The SMILES string of the molecule is CC(=O)NCCN1C[C@H]2CNC[C@H]2C1. The van der Waals surface area contributed by atoms with Gasteiger partial charge in [0.2, 0.25) is 5.91 Å². The third-order valence-corrected chi connectivity index (χ3v) is 3.27. The van der Waals surface area contributed by atoms with Crippen LogP contribution in [0.1, 0.15) is 6.92 Å². The van der Waals surface area contributed by atoms with Gasteiger partial charge in [-0.15, -0.1) is 0 Å². The topological polar surface area (TPSA) is 44.4 Å². The summed E-state index contributed by atoms with van der Waals surface area (Å²) < 4.78 is 0. The lowest BCUT2D eigenvalue weighted by atomic mass is 10.0. The molecule has 4 nitrogen and oxygen atoms in total. The summed E-state index contributed by atoms with van der Waals surface area (Å²) in [7, 11) is 0. The number of nitrogens with one attached hydrogen (secondary N) is 2. The zero-order valence-corrected chi connectivity index (χ0v) is 8.75. The molecule has 14 heavy (non-hydrogen) atoms. The van der Waals surface area contributed by atoms with E-state index >= 15 is 0 Å². The van der Waals surface area contributed by atoms with E-state index < -0.39 is 0 Å². The van der Waals surface area contributed by atoms with Crippen LogP contribution in [0.15, 0.2) is 0 Å². The molecule has 2 fully saturated rings. The van der Waals surface area contributed by atoms with Gasteiger partial charge in [-0.05, 0) is 24.9 Å². The molecule has 2 rings (SSSR count). The van der Waals surface area contributed by atoms with E-state index in [2.05, 4.69) is 15.5 Å². The number of likely N-dealkylation sites (tertiary alicyclic amines) is 1. The molecule has 80 valence electrons.